The minimum Gasteiger partial charge on any atom is -0.349 e. The Morgan fingerprint density at radius 3 is 2.36 bits per heavy atom. The monoisotopic (exact) mass is 302 g/mol. The molecule has 0 saturated heterocycles. The summed E-state index contributed by atoms with van der Waals surface area (Å²) in [6.07, 6.45) is 5.75. The summed E-state index contributed by atoms with van der Waals surface area (Å²) in [6.45, 7) is 5.27. The van der Waals surface area contributed by atoms with Crippen LogP contribution in [0.1, 0.15) is 66.7 Å². The lowest BCUT2D eigenvalue weighted by molar-refractivity contribution is 0.0773. The highest BCUT2D eigenvalue weighted by molar-refractivity contribution is 5.99. The van der Waals surface area contributed by atoms with E-state index in [1.54, 1.807) is 29.2 Å². The molecule has 4 heteroatoms. The Morgan fingerprint density at radius 2 is 1.73 bits per heavy atom. The topological polar surface area (TPSA) is 49.4 Å². The molecule has 2 amide bonds. The molecule has 0 aliphatic heterocycles. The second kappa shape index (κ2) is 7.97. The van der Waals surface area contributed by atoms with Gasteiger partial charge < -0.3 is 10.2 Å². The quantitative estimate of drug-likeness (QED) is 0.908. The zero-order chi connectivity index (χ0) is 15.9. The third kappa shape index (κ3) is 4.09. The van der Waals surface area contributed by atoms with Gasteiger partial charge in [0.15, 0.2) is 0 Å². The molecule has 0 radical (unpaired) electrons. The minimum atomic E-state index is -0.0684. The molecule has 1 aliphatic rings. The highest BCUT2D eigenvalue weighted by atomic mass is 16.2. The number of carbonyl (C=O) groups is 2. The van der Waals surface area contributed by atoms with Crippen LogP contribution in [0.15, 0.2) is 24.3 Å². The SMILES string of the molecule is CCN(CC)C(=O)c1cccc(C(=O)NC2CCCCC2)c1. The van der Waals surface area contributed by atoms with E-state index in [1.165, 1.54) is 19.3 Å². The molecule has 4 nitrogen and oxygen atoms in total. The molecule has 2 rings (SSSR count). The number of amides is 2. The molecule has 22 heavy (non-hydrogen) atoms. The Kier molecular flexibility index (Phi) is 5.99. The molecule has 0 heterocycles. The van der Waals surface area contributed by atoms with E-state index in [-0.39, 0.29) is 17.9 Å². The Hall–Kier alpha value is -1.84. The lowest BCUT2D eigenvalue weighted by Gasteiger charge is -2.23. The van der Waals surface area contributed by atoms with E-state index < -0.39 is 0 Å². The van der Waals surface area contributed by atoms with Gasteiger partial charge in [-0.2, -0.15) is 0 Å². The summed E-state index contributed by atoms with van der Waals surface area (Å²) >= 11 is 0. The molecular weight excluding hydrogens is 276 g/mol. The third-order valence-electron chi connectivity index (χ3n) is 4.36. The van der Waals surface area contributed by atoms with Gasteiger partial charge in [0.05, 0.1) is 0 Å². The van der Waals surface area contributed by atoms with Gasteiger partial charge in [0.2, 0.25) is 0 Å². The van der Waals surface area contributed by atoms with Gasteiger partial charge in [0.1, 0.15) is 0 Å². The Morgan fingerprint density at radius 1 is 1.09 bits per heavy atom. The van der Waals surface area contributed by atoms with Crippen molar-refractivity contribution in [1.29, 1.82) is 0 Å². The molecule has 1 aromatic carbocycles. The lowest BCUT2D eigenvalue weighted by atomic mass is 9.95. The summed E-state index contributed by atoms with van der Waals surface area (Å²) in [6, 6.07) is 7.32. The summed E-state index contributed by atoms with van der Waals surface area (Å²) in [4.78, 5) is 26.5. The number of benzene rings is 1. The minimum absolute atomic E-state index is 0.0164. The van der Waals surface area contributed by atoms with Crippen LogP contribution < -0.4 is 5.32 Å². The molecule has 1 fully saturated rings. The van der Waals surface area contributed by atoms with Crippen LogP contribution >= 0.6 is 0 Å². The molecule has 0 bridgehead atoms. The third-order valence-corrected chi connectivity index (χ3v) is 4.36. The molecule has 1 aliphatic carbocycles. The van der Waals surface area contributed by atoms with Gasteiger partial charge in [-0.25, -0.2) is 0 Å². The average Bonchev–Trinajstić information content (AvgIpc) is 2.57. The van der Waals surface area contributed by atoms with E-state index in [0.29, 0.717) is 24.2 Å². The number of rotatable bonds is 5. The Labute approximate surface area is 132 Å². The second-order valence-corrected chi connectivity index (χ2v) is 5.87. The van der Waals surface area contributed by atoms with E-state index in [2.05, 4.69) is 5.32 Å². The van der Waals surface area contributed by atoms with Crippen molar-refractivity contribution in [2.24, 2.45) is 0 Å². The Balaban J connectivity index is 2.06. The van der Waals surface area contributed by atoms with E-state index in [1.807, 2.05) is 13.8 Å². The molecule has 0 atom stereocenters. The fraction of sp³-hybridized carbons (Fsp3) is 0.556. The van der Waals surface area contributed by atoms with Crippen LogP contribution in [0.4, 0.5) is 0 Å². The van der Waals surface area contributed by atoms with Gasteiger partial charge in [-0.15, -0.1) is 0 Å². The predicted octanol–water partition coefficient (Wildman–Crippen LogP) is 3.23. The van der Waals surface area contributed by atoms with E-state index >= 15 is 0 Å². The maximum absolute atomic E-state index is 12.4. The fourth-order valence-corrected chi connectivity index (χ4v) is 3.00. The summed E-state index contributed by atoms with van der Waals surface area (Å²) in [7, 11) is 0. The van der Waals surface area contributed by atoms with E-state index in [4.69, 9.17) is 0 Å². The van der Waals surface area contributed by atoms with Crippen molar-refractivity contribution in [3.63, 3.8) is 0 Å². The summed E-state index contributed by atoms with van der Waals surface area (Å²) in [5.41, 5.74) is 1.16. The first-order valence-electron chi connectivity index (χ1n) is 8.36. The molecule has 0 spiro atoms. The molecule has 0 aromatic heterocycles. The highest BCUT2D eigenvalue weighted by Gasteiger charge is 2.18. The van der Waals surface area contributed by atoms with Crippen LogP contribution in [-0.2, 0) is 0 Å². The van der Waals surface area contributed by atoms with Crippen LogP contribution in [0.5, 0.6) is 0 Å². The van der Waals surface area contributed by atoms with Crippen LogP contribution in [0.3, 0.4) is 0 Å². The Bertz CT molecular complexity index is 518. The van der Waals surface area contributed by atoms with E-state index in [9.17, 15) is 9.59 Å². The average molecular weight is 302 g/mol. The van der Waals surface area contributed by atoms with Crippen molar-refractivity contribution in [1.82, 2.24) is 10.2 Å². The largest absolute Gasteiger partial charge is 0.349 e. The van der Waals surface area contributed by atoms with Gasteiger partial charge >= 0.3 is 0 Å². The normalized spacial score (nSPS) is 15.4. The zero-order valence-electron chi connectivity index (χ0n) is 13.6. The zero-order valence-corrected chi connectivity index (χ0v) is 13.6. The summed E-state index contributed by atoms with van der Waals surface area (Å²) in [5.74, 6) is -0.0848. The summed E-state index contributed by atoms with van der Waals surface area (Å²) in [5, 5.41) is 3.09. The first-order chi connectivity index (χ1) is 10.7. The molecular formula is C18H26N2O2. The first kappa shape index (κ1) is 16.5. The maximum Gasteiger partial charge on any atom is 0.253 e. The molecule has 1 aromatic rings. The van der Waals surface area contributed by atoms with Crippen molar-refractivity contribution in [3.05, 3.63) is 35.4 Å². The van der Waals surface area contributed by atoms with Crippen molar-refractivity contribution in [2.75, 3.05) is 13.1 Å². The van der Waals surface area contributed by atoms with Crippen LogP contribution in [0.2, 0.25) is 0 Å². The fourth-order valence-electron chi connectivity index (χ4n) is 3.00. The van der Waals surface area contributed by atoms with Crippen LogP contribution in [0, 0.1) is 0 Å². The number of nitrogens with one attached hydrogen (secondary N) is 1. The molecule has 1 N–H and O–H groups in total. The van der Waals surface area contributed by atoms with Crippen molar-refractivity contribution in [3.8, 4) is 0 Å². The van der Waals surface area contributed by atoms with Crippen LogP contribution in [0.25, 0.3) is 0 Å². The summed E-state index contributed by atoms with van der Waals surface area (Å²) < 4.78 is 0. The molecule has 0 unspecified atom stereocenters. The van der Waals surface area contributed by atoms with Gasteiger partial charge in [-0.1, -0.05) is 25.3 Å². The number of hydrogen-bond donors (Lipinski definition) is 1. The molecule has 1 saturated carbocycles. The second-order valence-electron chi connectivity index (χ2n) is 5.87. The molecule has 120 valence electrons. The van der Waals surface area contributed by atoms with Gasteiger partial charge in [0, 0.05) is 30.3 Å². The number of hydrogen-bond acceptors (Lipinski definition) is 2. The van der Waals surface area contributed by atoms with Crippen LogP contribution in [-0.4, -0.2) is 35.8 Å². The van der Waals surface area contributed by atoms with Crippen molar-refractivity contribution >= 4 is 11.8 Å². The highest BCUT2D eigenvalue weighted by Crippen LogP contribution is 2.18. The number of carbonyl (C=O) groups excluding carboxylic acids is 2. The van der Waals surface area contributed by atoms with Gasteiger partial charge in [0.25, 0.3) is 11.8 Å². The van der Waals surface area contributed by atoms with Gasteiger partial charge in [-0.3, -0.25) is 9.59 Å². The maximum atomic E-state index is 12.4. The lowest BCUT2D eigenvalue weighted by Crippen LogP contribution is -2.36. The van der Waals surface area contributed by atoms with Gasteiger partial charge in [-0.05, 0) is 44.9 Å². The van der Waals surface area contributed by atoms with Crippen molar-refractivity contribution < 1.29 is 9.59 Å². The van der Waals surface area contributed by atoms with E-state index in [0.717, 1.165) is 12.8 Å². The standard InChI is InChI=1S/C18H26N2O2/c1-3-20(4-2)18(22)15-10-8-9-14(13-15)17(21)19-16-11-6-5-7-12-16/h8-10,13,16H,3-7,11-12H2,1-2H3,(H,19,21). The van der Waals surface area contributed by atoms with Crippen molar-refractivity contribution in [2.45, 2.75) is 52.0 Å². The smallest absolute Gasteiger partial charge is 0.253 e. The number of nitrogens with zero attached hydrogens (tertiary/aromatic N) is 1. The predicted molar refractivity (Wildman–Crippen MR) is 88.0 cm³/mol. The first-order valence-corrected chi connectivity index (χ1v) is 8.36.